The summed E-state index contributed by atoms with van der Waals surface area (Å²) in [5, 5.41) is 0. The summed E-state index contributed by atoms with van der Waals surface area (Å²) in [6.45, 7) is 6.49. The Labute approximate surface area is 139 Å². The van der Waals surface area contributed by atoms with Crippen LogP contribution in [-0.4, -0.2) is 5.78 Å². The molecule has 0 aliphatic rings. The van der Waals surface area contributed by atoms with Gasteiger partial charge in [0.05, 0.1) is 4.88 Å². The van der Waals surface area contributed by atoms with Crippen molar-refractivity contribution in [1.29, 1.82) is 0 Å². The molecule has 4 heteroatoms. The van der Waals surface area contributed by atoms with Crippen molar-refractivity contribution >= 4 is 55.6 Å². The zero-order valence-corrected chi connectivity index (χ0v) is 15.5. The molecule has 0 aliphatic heterocycles. The Hall–Kier alpha value is -0.200. The number of ketones is 1. The largest absolute Gasteiger partial charge is 0.288 e. The van der Waals surface area contributed by atoms with E-state index in [1.807, 2.05) is 24.3 Å². The third kappa shape index (κ3) is 3.47. The molecule has 100 valence electrons. The topological polar surface area (TPSA) is 17.1 Å². The Balaban J connectivity index is 2.39. The maximum Gasteiger partial charge on any atom is 0.204 e. The predicted molar refractivity (Wildman–Crippen MR) is 93.3 cm³/mol. The highest BCUT2D eigenvalue weighted by Crippen LogP contribution is 2.31. The molecule has 0 amide bonds. The van der Waals surface area contributed by atoms with E-state index in [4.69, 9.17) is 0 Å². The van der Waals surface area contributed by atoms with Gasteiger partial charge in [0.25, 0.3) is 0 Å². The first-order valence-electron chi connectivity index (χ1n) is 5.89. The number of hydrogen-bond acceptors (Lipinski definition) is 2. The molecule has 2 aromatic rings. The van der Waals surface area contributed by atoms with Crippen LogP contribution >= 0.6 is 49.9 Å². The van der Waals surface area contributed by atoms with Crippen LogP contribution in [0.1, 0.15) is 40.9 Å². The maximum atomic E-state index is 12.5. The monoisotopic (exact) mass is 448 g/mol. The molecule has 0 N–H and O–H groups in total. The minimum atomic E-state index is 0.0909. The zero-order valence-electron chi connectivity index (χ0n) is 11.0. The van der Waals surface area contributed by atoms with Gasteiger partial charge >= 0.3 is 0 Å². The van der Waals surface area contributed by atoms with Gasteiger partial charge < -0.3 is 0 Å². The van der Waals surface area contributed by atoms with Crippen LogP contribution in [0.25, 0.3) is 0 Å². The molecular weight excluding hydrogens is 435 g/mol. The van der Waals surface area contributed by atoms with E-state index in [2.05, 4.69) is 65.4 Å². The molecule has 0 radical (unpaired) electrons. The molecule has 1 nitrogen and oxygen atoms in total. The summed E-state index contributed by atoms with van der Waals surface area (Å²) >= 11 is 7.22. The van der Waals surface area contributed by atoms with E-state index in [0.717, 1.165) is 18.5 Å². The van der Waals surface area contributed by atoms with E-state index in [-0.39, 0.29) is 11.2 Å². The lowest BCUT2D eigenvalue weighted by Crippen LogP contribution is -2.08. The van der Waals surface area contributed by atoms with Crippen molar-refractivity contribution in [1.82, 2.24) is 0 Å². The molecule has 0 aliphatic carbocycles. The first-order valence-corrected chi connectivity index (χ1v) is 8.58. The van der Waals surface area contributed by atoms with Gasteiger partial charge in [-0.1, -0.05) is 36.7 Å². The summed E-state index contributed by atoms with van der Waals surface area (Å²) in [5.74, 6) is 0.103. The van der Waals surface area contributed by atoms with Crippen LogP contribution in [0.15, 0.2) is 34.8 Å². The SMILES string of the molecule is CC(C)(C)c1ccc(C(=O)c2cc(Br)ccc2I)s1. The Bertz CT molecular complexity index is 625. The lowest BCUT2D eigenvalue weighted by molar-refractivity contribution is 0.104. The first-order chi connectivity index (χ1) is 8.79. The second kappa shape index (κ2) is 5.66. The minimum absolute atomic E-state index is 0.0909. The molecule has 19 heavy (non-hydrogen) atoms. The van der Waals surface area contributed by atoms with Crippen molar-refractivity contribution in [2.75, 3.05) is 0 Å². The van der Waals surface area contributed by atoms with Crippen LogP contribution in [0, 0.1) is 3.57 Å². The lowest BCUT2D eigenvalue weighted by atomic mass is 9.95. The smallest absolute Gasteiger partial charge is 0.204 e. The van der Waals surface area contributed by atoms with E-state index >= 15 is 0 Å². The van der Waals surface area contributed by atoms with Crippen LogP contribution in [0.3, 0.4) is 0 Å². The molecule has 1 aromatic carbocycles. The molecule has 0 bridgehead atoms. The fraction of sp³-hybridized carbons (Fsp3) is 0.267. The van der Waals surface area contributed by atoms with Gasteiger partial charge in [0, 0.05) is 18.5 Å². The summed E-state index contributed by atoms with van der Waals surface area (Å²) in [4.78, 5) is 14.6. The third-order valence-corrected chi connectivity index (χ3v) is 5.69. The number of halogens is 2. The molecule has 0 atom stereocenters. The van der Waals surface area contributed by atoms with Crippen LogP contribution in [0.5, 0.6) is 0 Å². The van der Waals surface area contributed by atoms with E-state index in [0.29, 0.717) is 0 Å². The molecule has 0 spiro atoms. The van der Waals surface area contributed by atoms with Crippen LogP contribution in [-0.2, 0) is 5.41 Å². The van der Waals surface area contributed by atoms with E-state index in [9.17, 15) is 4.79 Å². The number of carbonyl (C=O) groups is 1. The van der Waals surface area contributed by atoms with E-state index < -0.39 is 0 Å². The van der Waals surface area contributed by atoms with Crippen molar-refractivity contribution in [2.45, 2.75) is 26.2 Å². The Morgan fingerprint density at radius 3 is 2.47 bits per heavy atom. The van der Waals surface area contributed by atoms with Crippen LogP contribution in [0.2, 0.25) is 0 Å². The number of rotatable bonds is 2. The summed E-state index contributed by atoms with van der Waals surface area (Å²) in [6.07, 6.45) is 0. The Morgan fingerprint density at radius 1 is 1.21 bits per heavy atom. The molecule has 0 saturated carbocycles. The summed E-state index contributed by atoms with van der Waals surface area (Å²) in [5.41, 5.74) is 0.852. The normalized spacial score (nSPS) is 11.6. The quantitative estimate of drug-likeness (QED) is 0.429. The highest BCUT2D eigenvalue weighted by Gasteiger charge is 2.20. The van der Waals surface area contributed by atoms with Gasteiger partial charge in [0.15, 0.2) is 0 Å². The minimum Gasteiger partial charge on any atom is -0.288 e. The van der Waals surface area contributed by atoms with Crippen molar-refractivity contribution in [2.24, 2.45) is 0 Å². The van der Waals surface area contributed by atoms with Gasteiger partial charge in [0.1, 0.15) is 0 Å². The Kier molecular flexibility index (Phi) is 4.52. The van der Waals surface area contributed by atoms with Crippen LogP contribution < -0.4 is 0 Å². The van der Waals surface area contributed by atoms with Gasteiger partial charge in [-0.05, 0) is 58.3 Å². The first kappa shape index (κ1) is 15.2. The maximum absolute atomic E-state index is 12.5. The second-order valence-electron chi connectivity index (χ2n) is 5.37. The summed E-state index contributed by atoms with van der Waals surface area (Å²) < 4.78 is 1.92. The molecule has 1 heterocycles. The van der Waals surface area contributed by atoms with Crippen molar-refractivity contribution in [3.05, 3.63) is 53.7 Å². The van der Waals surface area contributed by atoms with Gasteiger partial charge in [-0.3, -0.25) is 4.79 Å². The fourth-order valence-corrected chi connectivity index (χ4v) is 3.63. The number of hydrogen-bond donors (Lipinski definition) is 0. The second-order valence-corrected chi connectivity index (χ2v) is 8.53. The number of benzene rings is 1. The lowest BCUT2D eigenvalue weighted by Gasteiger charge is -2.15. The van der Waals surface area contributed by atoms with Crippen molar-refractivity contribution in [3.63, 3.8) is 0 Å². The highest BCUT2D eigenvalue weighted by molar-refractivity contribution is 14.1. The molecular formula is C15H14BrIOS. The summed E-state index contributed by atoms with van der Waals surface area (Å²) in [7, 11) is 0. The summed E-state index contributed by atoms with van der Waals surface area (Å²) in [6, 6.07) is 9.79. The third-order valence-electron chi connectivity index (χ3n) is 2.74. The van der Waals surface area contributed by atoms with Gasteiger partial charge in [-0.15, -0.1) is 11.3 Å². The molecule has 0 saturated heterocycles. The van der Waals surface area contributed by atoms with Gasteiger partial charge in [-0.2, -0.15) is 0 Å². The average Bonchev–Trinajstić information content (AvgIpc) is 2.80. The number of thiophene rings is 1. The predicted octanol–water partition coefficient (Wildman–Crippen LogP) is 5.64. The van der Waals surface area contributed by atoms with Gasteiger partial charge in [0.2, 0.25) is 5.78 Å². The van der Waals surface area contributed by atoms with E-state index in [1.165, 1.54) is 4.88 Å². The number of carbonyl (C=O) groups excluding carboxylic acids is 1. The standard InChI is InChI=1S/C15H14BrIOS/c1-15(2,3)13-7-6-12(19-13)14(18)10-8-9(16)4-5-11(10)17/h4-8H,1-3H3. The van der Waals surface area contributed by atoms with E-state index in [1.54, 1.807) is 11.3 Å². The van der Waals surface area contributed by atoms with Crippen molar-refractivity contribution in [3.8, 4) is 0 Å². The highest BCUT2D eigenvalue weighted by atomic mass is 127. The zero-order chi connectivity index (χ0) is 14.2. The fourth-order valence-electron chi connectivity index (χ4n) is 1.67. The Morgan fingerprint density at radius 2 is 1.89 bits per heavy atom. The van der Waals surface area contributed by atoms with Crippen LogP contribution in [0.4, 0.5) is 0 Å². The molecule has 1 aromatic heterocycles. The van der Waals surface area contributed by atoms with Crippen molar-refractivity contribution < 1.29 is 4.79 Å². The van der Waals surface area contributed by atoms with Gasteiger partial charge in [-0.25, -0.2) is 0 Å². The molecule has 0 unspecified atom stereocenters. The average molecular weight is 449 g/mol. The molecule has 0 fully saturated rings. The molecule has 2 rings (SSSR count).